The van der Waals surface area contributed by atoms with E-state index in [4.69, 9.17) is 4.42 Å². The summed E-state index contributed by atoms with van der Waals surface area (Å²) in [6, 6.07) is 10.3. The first-order chi connectivity index (χ1) is 13.8. The fourth-order valence-electron chi connectivity index (χ4n) is 2.81. The zero-order valence-corrected chi connectivity index (χ0v) is 15.0. The molecule has 0 saturated heterocycles. The minimum Gasteiger partial charge on any atom is -0.447 e. The maximum Gasteiger partial charge on any atom is 0.573 e. The molecule has 29 heavy (non-hydrogen) atoms. The maximum absolute atomic E-state index is 12.8. The highest BCUT2D eigenvalue weighted by Crippen LogP contribution is 2.27. The molecule has 0 saturated carbocycles. The van der Waals surface area contributed by atoms with Gasteiger partial charge in [0.15, 0.2) is 0 Å². The van der Waals surface area contributed by atoms with Crippen molar-refractivity contribution in [1.29, 1.82) is 0 Å². The fourth-order valence-corrected chi connectivity index (χ4v) is 2.81. The smallest absolute Gasteiger partial charge is 0.447 e. The van der Waals surface area contributed by atoms with Gasteiger partial charge in [0.1, 0.15) is 24.1 Å². The zero-order chi connectivity index (χ0) is 20.6. The van der Waals surface area contributed by atoms with Crippen LogP contribution in [0.5, 0.6) is 5.75 Å². The summed E-state index contributed by atoms with van der Waals surface area (Å²) < 4.78 is 47.1. The first-order valence-electron chi connectivity index (χ1n) is 8.43. The molecule has 2 heterocycles. The van der Waals surface area contributed by atoms with Crippen LogP contribution in [-0.2, 0) is 6.54 Å². The van der Waals surface area contributed by atoms with Crippen molar-refractivity contribution in [2.45, 2.75) is 19.8 Å². The van der Waals surface area contributed by atoms with Crippen molar-refractivity contribution in [3.8, 4) is 16.9 Å². The number of aryl methyl sites for hydroxylation is 1. The summed E-state index contributed by atoms with van der Waals surface area (Å²) in [7, 11) is 0. The molecule has 0 spiro atoms. The van der Waals surface area contributed by atoms with Gasteiger partial charge in [-0.2, -0.15) is 0 Å². The van der Waals surface area contributed by atoms with Crippen molar-refractivity contribution in [3.05, 3.63) is 70.7 Å². The van der Waals surface area contributed by atoms with Gasteiger partial charge in [0.2, 0.25) is 5.89 Å². The van der Waals surface area contributed by atoms with E-state index in [-0.39, 0.29) is 17.9 Å². The van der Waals surface area contributed by atoms with Crippen LogP contribution in [0.1, 0.15) is 11.6 Å². The largest absolute Gasteiger partial charge is 0.573 e. The van der Waals surface area contributed by atoms with Crippen molar-refractivity contribution in [1.82, 2.24) is 20.0 Å². The summed E-state index contributed by atoms with van der Waals surface area (Å²) in [5, 5.41) is 8.24. The van der Waals surface area contributed by atoms with Crippen LogP contribution >= 0.6 is 0 Å². The topological polar surface area (TPSA) is 83.0 Å². The van der Waals surface area contributed by atoms with Gasteiger partial charge in [0.25, 0.3) is 5.56 Å². The quantitative estimate of drug-likeness (QED) is 0.518. The summed E-state index contributed by atoms with van der Waals surface area (Å²) in [6.45, 7) is 1.79. The summed E-state index contributed by atoms with van der Waals surface area (Å²) in [6.07, 6.45) is -3.28. The van der Waals surface area contributed by atoms with Crippen LogP contribution in [0.2, 0.25) is 0 Å². The number of rotatable bonds is 4. The van der Waals surface area contributed by atoms with E-state index in [0.717, 1.165) is 4.68 Å². The molecule has 7 nitrogen and oxygen atoms in total. The highest BCUT2D eigenvalue weighted by Gasteiger charge is 2.30. The average Bonchev–Trinajstić information content (AvgIpc) is 3.08. The second-order valence-corrected chi connectivity index (χ2v) is 6.24. The molecule has 0 radical (unpaired) electrons. The number of oxazole rings is 1. The van der Waals surface area contributed by atoms with E-state index in [9.17, 15) is 18.0 Å². The van der Waals surface area contributed by atoms with Gasteiger partial charge in [-0.05, 0) is 42.3 Å². The molecular weight excluding hydrogens is 389 g/mol. The lowest BCUT2D eigenvalue weighted by molar-refractivity contribution is -0.274. The molecule has 0 aliphatic carbocycles. The lowest BCUT2D eigenvalue weighted by Gasteiger charge is -2.09. The van der Waals surface area contributed by atoms with Gasteiger partial charge in [0.05, 0.1) is 11.1 Å². The van der Waals surface area contributed by atoms with Gasteiger partial charge in [-0.1, -0.05) is 23.4 Å². The molecule has 0 fully saturated rings. The number of fused-ring (bicyclic) bond motifs is 1. The Balaban J connectivity index is 1.67. The third-order valence-electron chi connectivity index (χ3n) is 4.09. The first-order valence-corrected chi connectivity index (χ1v) is 8.43. The number of nitrogens with zero attached hydrogens (tertiary/aromatic N) is 4. The van der Waals surface area contributed by atoms with Crippen molar-refractivity contribution < 1.29 is 22.3 Å². The Hall–Kier alpha value is -3.69. The number of benzene rings is 2. The van der Waals surface area contributed by atoms with Crippen LogP contribution < -0.4 is 10.3 Å². The normalized spacial score (nSPS) is 11.7. The monoisotopic (exact) mass is 402 g/mol. The van der Waals surface area contributed by atoms with Gasteiger partial charge < -0.3 is 9.15 Å². The molecule has 2 aromatic heterocycles. The maximum atomic E-state index is 12.8. The molecule has 10 heteroatoms. The highest BCUT2D eigenvalue weighted by molar-refractivity contribution is 5.83. The third kappa shape index (κ3) is 4.10. The van der Waals surface area contributed by atoms with Gasteiger partial charge in [-0.15, -0.1) is 18.3 Å². The van der Waals surface area contributed by atoms with Gasteiger partial charge >= 0.3 is 6.36 Å². The SMILES string of the molecule is Cc1coc(Cn2nnc3ccc(-c4ccc(OC(F)(F)F)cc4)cc3c2=O)n1. The van der Waals surface area contributed by atoms with Crippen molar-refractivity contribution in [3.63, 3.8) is 0 Å². The summed E-state index contributed by atoms with van der Waals surface area (Å²) in [4.78, 5) is 16.9. The molecule has 0 amide bonds. The fraction of sp³-hybridized carbons (Fsp3) is 0.158. The predicted octanol–water partition coefficient (Wildman–Crippen LogP) is 3.70. The Bertz CT molecular complexity index is 1230. The lowest BCUT2D eigenvalue weighted by Crippen LogP contribution is -2.25. The van der Waals surface area contributed by atoms with Crippen molar-refractivity contribution in [2.75, 3.05) is 0 Å². The van der Waals surface area contributed by atoms with Crippen LogP contribution in [0.15, 0.2) is 57.9 Å². The van der Waals surface area contributed by atoms with Crippen LogP contribution in [-0.4, -0.2) is 26.3 Å². The molecule has 4 rings (SSSR count). The van der Waals surface area contributed by atoms with Crippen LogP contribution in [0.3, 0.4) is 0 Å². The molecule has 2 aromatic carbocycles. The first kappa shape index (κ1) is 18.7. The van der Waals surface area contributed by atoms with Crippen LogP contribution in [0, 0.1) is 6.92 Å². The van der Waals surface area contributed by atoms with E-state index in [1.807, 2.05) is 0 Å². The Morgan fingerprint density at radius 1 is 1.10 bits per heavy atom. The van der Waals surface area contributed by atoms with E-state index in [2.05, 4.69) is 20.0 Å². The number of hydrogen-bond donors (Lipinski definition) is 0. The van der Waals surface area contributed by atoms with E-state index in [1.165, 1.54) is 30.5 Å². The highest BCUT2D eigenvalue weighted by atomic mass is 19.4. The molecule has 0 bridgehead atoms. The molecule has 0 unspecified atom stereocenters. The second-order valence-electron chi connectivity index (χ2n) is 6.24. The average molecular weight is 402 g/mol. The third-order valence-corrected chi connectivity index (χ3v) is 4.09. The van der Waals surface area contributed by atoms with Crippen molar-refractivity contribution >= 4 is 10.9 Å². The standard InChI is InChI=1S/C19H13F3N4O3/c1-11-10-28-17(23-11)9-26-18(27)15-8-13(4-7-16(15)24-25-26)12-2-5-14(6-3-12)29-19(20,21)22/h2-8,10H,9H2,1H3. The predicted molar refractivity (Wildman–Crippen MR) is 96.3 cm³/mol. The second kappa shape index (κ2) is 7.04. The Morgan fingerprint density at radius 3 is 2.48 bits per heavy atom. The molecule has 0 aliphatic rings. The molecule has 0 atom stereocenters. The van der Waals surface area contributed by atoms with E-state index in [1.54, 1.807) is 25.1 Å². The summed E-state index contributed by atoms with van der Waals surface area (Å²) in [5.74, 6) is 0.00570. The molecule has 148 valence electrons. The number of aromatic nitrogens is 4. The molecule has 0 aliphatic heterocycles. The number of alkyl halides is 3. The molecular formula is C19H13F3N4O3. The number of halogens is 3. The van der Waals surface area contributed by atoms with E-state index < -0.39 is 6.36 Å². The number of ether oxygens (including phenoxy) is 1. The van der Waals surface area contributed by atoms with Crippen LogP contribution in [0.25, 0.3) is 22.0 Å². The van der Waals surface area contributed by atoms with Crippen LogP contribution in [0.4, 0.5) is 13.2 Å². The zero-order valence-electron chi connectivity index (χ0n) is 15.0. The minimum atomic E-state index is -4.75. The number of hydrogen-bond acceptors (Lipinski definition) is 6. The van der Waals surface area contributed by atoms with Gasteiger partial charge in [-0.25, -0.2) is 9.67 Å². The molecule has 4 aromatic rings. The summed E-state index contributed by atoms with van der Waals surface area (Å²) >= 11 is 0. The Kier molecular flexibility index (Phi) is 4.53. The Labute approximate surface area is 161 Å². The Morgan fingerprint density at radius 2 is 1.83 bits per heavy atom. The lowest BCUT2D eigenvalue weighted by atomic mass is 10.0. The van der Waals surface area contributed by atoms with Gasteiger partial charge in [-0.3, -0.25) is 4.79 Å². The van der Waals surface area contributed by atoms with E-state index >= 15 is 0 Å². The van der Waals surface area contributed by atoms with E-state index in [0.29, 0.717) is 33.6 Å². The molecule has 0 N–H and O–H groups in total. The van der Waals surface area contributed by atoms with Gasteiger partial charge in [0, 0.05) is 0 Å². The minimum absolute atomic E-state index is 0.0311. The summed E-state index contributed by atoms with van der Waals surface area (Å²) in [5.41, 5.74) is 1.95. The van der Waals surface area contributed by atoms with Crippen molar-refractivity contribution in [2.24, 2.45) is 0 Å².